The number of nitrogens with zero attached hydrogens (tertiary/aromatic N) is 2. The molecular weight excluding hydrogens is 268 g/mol. The number of nitrogens with two attached hydrogens (primary N) is 1. The summed E-state index contributed by atoms with van der Waals surface area (Å²) in [4.78, 5) is 16.2. The van der Waals surface area contributed by atoms with Crippen LogP contribution in [0.4, 0.5) is 0 Å². The molecule has 0 bridgehead atoms. The Hall–Kier alpha value is -1.37. The Balaban J connectivity index is 1.88. The van der Waals surface area contributed by atoms with Crippen LogP contribution in [0.1, 0.15) is 34.7 Å². The van der Waals surface area contributed by atoms with Crippen molar-refractivity contribution in [1.82, 2.24) is 15.2 Å². The normalized spacial score (nSPS) is 17.4. The van der Waals surface area contributed by atoms with Gasteiger partial charge in [0.25, 0.3) is 5.91 Å². The Bertz CT molecular complexity index is 476. The van der Waals surface area contributed by atoms with Gasteiger partial charge in [0.15, 0.2) is 0 Å². The maximum atomic E-state index is 11.6. The van der Waals surface area contributed by atoms with E-state index < -0.39 is 0 Å². The van der Waals surface area contributed by atoms with E-state index in [0.29, 0.717) is 11.3 Å². The molecule has 2 rings (SSSR count). The van der Waals surface area contributed by atoms with Gasteiger partial charge in [-0.05, 0) is 58.9 Å². The van der Waals surface area contributed by atoms with Gasteiger partial charge in [-0.25, -0.2) is 5.84 Å². The van der Waals surface area contributed by atoms with Crippen LogP contribution in [0.25, 0.3) is 0 Å². The van der Waals surface area contributed by atoms with Gasteiger partial charge in [-0.2, -0.15) is 0 Å². The third-order valence-electron chi connectivity index (χ3n) is 4.05. The molecular formula is C15H26N4O2. The molecule has 0 spiro atoms. The van der Waals surface area contributed by atoms with Crippen LogP contribution >= 0.6 is 0 Å². The van der Waals surface area contributed by atoms with Crippen molar-refractivity contribution in [2.45, 2.75) is 26.3 Å². The molecule has 1 saturated heterocycles. The molecule has 1 amide bonds. The minimum atomic E-state index is -0.299. The van der Waals surface area contributed by atoms with Gasteiger partial charge >= 0.3 is 0 Å². The van der Waals surface area contributed by atoms with Gasteiger partial charge in [-0.1, -0.05) is 0 Å². The van der Waals surface area contributed by atoms with E-state index in [1.807, 2.05) is 0 Å². The van der Waals surface area contributed by atoms with Gasteiger partial charge < -0.3 is 9.32 Å². The fourth-order valence-corrected chi connectivity index (χ4v) is 2.99. The highest BCUT2D eigenvalue weighted by Crippen LogP contribution is 2.21. The topological polar surface area (TPSA) is 74.7 Å². The highest BCUT2D eigenvalue weighted by Gasteiger charge is 2.21. The monoisotopic (exact) mass is 294 g/mol. The predicted octanol–water partition coefficient (Wildman–Crippen LogP) is 0.965. The lowest BCUT2D eigenvalue weighted by Gasteiger charge is -2.32. The maximum Gasteiger partial charge on any atom is 0.268 e. The van der Waals surface area contributed by atoms with Crippen molar-refractivity contribution in [2.24, 2.45) is 11.8 Å². The Labute approximate surface area is 126 Å². The van der Waals surface area contributed by atoms with Crippen molar-refractivity contribution in [3.8, 4) is 0 Å². The quantitative estimate of drug-likeness (QED) is 0.481. The summed E-state index contributed by atoms with van der Waals surface area (Å²) in [6.07, 6.45) is 2.43. The van der Waals surface area contributed by atoms with Gasteiger partial charge in [0.2, 0.25) is 0 Å². The van der Waals surface area contributed by atoms with Crippen LogP contribution in [-0.4, -0.2) is 49.4 Å². The minimum absolute atomic E-state index is 0.299. The van der Waals surface area contributed by atoms with Crippen LogP contribution < -0.4 is 11.3 Å². The van der Waals surface area contributed by atoms with Crippen LogP contribution in [0.15, 0.2) is 10.5 Å². The number of hydrogen-bond donors (Lipinski definition) is 2. The SMILES string of the molecule is Cc1oc(CN2CCC(CN(C)C)CC2)cc1C(=O)NN. The molecule has 1 aromatic heterocycles. The first kappa shape index (κ1) is 16.0. The molecule has 3 N–H and O–H groups in total. The van der Waals surface area contributed by atoms with Crippen molar-refractivity contribution < 1.29 is 9.21 Å². The first-order chi connectivity index (χ1) is 9.99. The minimum Gasteiger partial charge on any atom is -0.464 e. The molecule has 0 atom stereocenters. The van der Waals surface area contributed by atoms with Gasteiger partial charge in [-0.3, -0.25) is 15.1 Å². The fourth-order valence-electron chi connectivity index (χ4n) is 2.99. The second kappa shape index (κ2) is 7.06. The first-order valence-corrected chi connectivity index (χ1v) is 7.47. The average Bonchev–Trinajstić information content (AvgIpc) is 2.80. The number of nitrogen functional groups attached to an aromatic ring is 1. The molecule has 0 radical (unpaired) electrons. The van der Waals surface area contributed by atoms with E-state index in [1.54, 1.807) is 13.0 Å². The lowest BCUT2D eigenvalue weighted by Crippen LogP contribution is -2.36. The van der Waals surface area contributed by atoms with Gasteiger partial charge in [0.1, 0.15) is 11.5 Å². The van der Waals surface area contributed by atoms with Crippen LogP contribution in [0, 0.1) is 12.8 Å². The zero-order chi connectivity index (χ0) is 15.4. The fraction of sp³-hybridized carbons (Fsp3) is 0.667. The summed E-state index contributed by atoms with van der Waals surface area (Å²) in [6, 6.07) is 1.80. The summed E-state index contributed by atoms with van der Waals surface area (Å²) in [5, 5.41) is 0. The summed E-state index contributed by atoms with van der Waals surface area (Å²) in [7, 11) is 4.25. The number of amides is 1. The molecule has 6 heteroatoms. The lowest BCUT2D eigenvalue weighted by molar-refractivity contribution is 0.0952. The second-order valence-electron chi connectivity index (χ2n) is 6.14. The number of likely N-dealkylation sites (tertiary alicyclic amines) is 1. The molecule has 21 heavy (non-hydrogen) atoms. The number of nitrogens with one attached hydrogen (secondary N) is 1. The van der Waals surface area contributed by atoms with Gasteiger partial charge in [-0.15, -0.1) is 0 Å². The van der Waals surface area contributed by atoms with E-state index >= 15 is 0 Å². The molecule has 0 saturated carbocycles. The zero-order valence-corrected chi connectivity index (χ0v) is 13.2. The van der Waals surface area contributed by atoms with E-state index in [0.717, 1.165) is 37.9 Å². The van der Waals surface area contributed by atoms with Crippen LogP contribution in [0.3, 0.4) is 0 Å². The third-order valence-corrected chi connectivity index (χ3v) is 4.05. The molecule has 1 aliphatic rings. The van der Waals surface area contributed by atoms with E-state index in [2.05, 4.69) is 29.3 Å². The standard InChI is InChI=1S/C15H26N4O2/c1-11-14(15(20)17-16)8-13(21-11)10-19-6-4-12(5-7-19)9-18(2)3/h8,12H,4-7,9-10,16H2,1-3H3,(H,17,20). The van der Waals surface area contributed by atoms with Crippen molar-refractivity contribution in [2.75, 3.05) is 33.7 Å². The number of piperidine rings is 1. The lowest BCUT2D eigenvalue weighted by atomic mass is 9.96. The van der Waals surface area contributed by atoms with Crippen molar-refractivity contribution in [1.29, 1.82) is 0 Å². The summed E-state index contributed by atoms with van der Waals surface area (Å²) < 4.78 is 5.67. The zero-order valence-electron chi connectivity index (χ0n) is 13.2. The number of carbonyl (C=O) groups excluding carboxylic acids is 1. The summed E-state index contributed by atoms with van der Waals surface area (Å²) >= 11 is 0. The smallest absolute Gasteiger partial charge is 0.268 e. The van der Waals surface area contributed by atoms with Crippen molar-refractivity contribution in [3.05, 3.63) is 23.2 Å². The molecule has 0 aromatic carbocycles. The highest BCUT2D eigenvalue weighted by molar-refractivity contribution is 5.94. The van der Waals surface area contributed by atoms with E-state index in [-0.39, 0.29) is 5.91 Å². The van der Waals surface area contributed by atoms with Gasteiger partial charge in [0.05, 0.1) is 12.1 Å². The van der Waals surface area contributed by atoms with E-state index in [4.69, 9.17) is 10.3 Å². The number of furan rings is 1. The number of carbonyl (C=O) groups is 1. The molecule has 1 aliphatic heterocycles. The Morgan fingerprint density at radius 2 is 2.14 bits per heavy atom. The maximum absolute atomic E-state index is 11.6. The van der Waals surface area contributed by atoms with E-state index in [1.165, 1.54) is 12.8 Å². The molecule has 1 aromatic rings. The second-order valence-corrected chi connectivity index (χ2v) is 6.14. The number of rotatable bonds is 5. The first-order valence-electron chi connectivity index (χ1n) is 7.47. The number of hydrazine groups is 1. The molecule has 0 aliphatic carbocycles. The van der Waals surface area contributed by atoms with Gasteiger partial charge in [0, 0.05) is 6.54 Å². The molecule has 2 heterocycles. The summed E-state index contributed by atoms with van der Waals surface area (Å²) in [5.74, 6) is 7.10. The Morgan fingerprint density at radius 1 is 1.48 bits per heavy atom. The van der Waals surface area contributed by atoms with Crippen LogP contribution in [0.5, 0.6) is 0 Å². The van der Waals surface area contributed by atoms with Crippen molar-refractivity contribution in [3.63, 3.8) is 0 Å². The summed E-state index contributed by atoms with van der Waals surface area (Å²) in [6.45, 7) is 5.87. The average molecular weight is 294 g/mol. The number of aryl methyl sites for hydroxylation is 1. The largest absolute Gasteiger partial charge is 0.464 e. The summed E-state index contributed by atoms with van der Waals surface area (Å²) in [5.41, 5.74) is 2.67. The van der Waals surface area contributed by atoms with Crippen molar-refractivity contribution >= 4 is 5.91 Å². The van der Waals surface area contributed by atoms with E-state index in [9.17, 15) is 4.79 Å². The molecule has 118 valence electrons. The molecule has 0 unspecified atom stereocenters. The number of hydrogen-bond acceptors (Lipinski definition) is 5. The third kappa shape index (κ3) is 4.30. The van der Waals surface area contributed by atoms with Crippen LogP contribution in [0.2, 0.25) is 0 Å². The Morgan fingerprint density at radius 3 is 2.71 bits per heavy atom. The van der Waals surface area contributed by atoms with Crippen LogP contribution in [-0.2, 0) is 6.54 Å². The molecule has 1 fully saturated rings. The highest BCUT2D eigenvalue weighted by atomic mass is 16.3. The predicted molar refractivity (Wildman–Crippen MR) is 81.7 cm³/mol. The molecule has 6 nitrogen and oxygen atoms in total. The Kier molecular flexibility index (Phi) is 5.39.